The predicted octanol–water partition coefficient (Wildman–Crippen LogP) is 5.63. The molecule has 1 aromatic rings. The number of amides is 1. The van der Waals surface area contributed by atoms with Crippen molar-refractivity contribution in [2.45, 2.75) is 76.9 Å². The number of ether oxygens (including phenoxy) is 2. The number of nitrogens with one attached hydrogen (secondary N) is 1. The highest BCUT2D eigenvalue weighted by atomic mass is 35.5. The minimum atomic E-state index is -0.352. The number of carbonyl (C=O) groups is 1. The third-order valence-electron chi connectivity index (χ3n) is 5.63. The molecule has 0 unspecified atom stereocenters. The van der Waals surface area contributed by atoms with E-state index in [0.29, 0.717) is 12.6 Å². The molecule has 28 heavy (non-hydrogen) atoms. The minimum Gasteiger partial charge on any atom is -0.494 e. The number of unbranched alkanes of at least 4 members (excludes halogenated alkanes) is 1. The van der Waals surface area contributed by atoms with Crippen LogP contribution in [-0.4, -0.2) is 42.8 Å². The van der Waals surface area contributed by atoms with Crippen LogP contribution in [0.1, 0.15) is 64.7 Å². The molecule has 0 spiro atoms. The Kier molecular flexibility index (Phi) is 9.93. The van der Waals surface area contributed by atoms with Crippen LogP contribution in [0.2, 0.25) is 0 Å². The monoisotopic (exact) mass is 410 g/mol. The topological polar surface area (TPSA) is 50.8 Å². The van der Waals surface area contributed by atoms with E-state index in [1.54, 1.807) is 0 Å². The van der Waals surface area contributed by atoms with Gasteiger partial charge < -0.3 is 9.47 Å². The maximum atomic E-state index is 12.5. The van der Waals surface area contributed by atoms with Crippen molar-refractivity contribution < 1.29 is 14.3 Å². The lowest BCUT2D eigenvalue weighted by Crippen LogP contribution is -2.49. The molecule has 1 saturated carbocycles. The highest BCUT2D eigenvalue weighted by Gasteiger charge is 2.33. The van der Waals surface area contributed by atoms with Crippen molar-refractivity contribution in [1.29, 1.82) is 0 Å². The second-order valence-electron chi connectivity index (χ2n) is 7.75. The van der Waals surface area contributed by atoms with E-state index < -0.39 is 0 Å². The predicted molar refractivity (Wildman–Crippen MR) is 116 cm³/mol. The normalized spacial score (nSPS) is 22.8. The van der Waals surface area contributed by atoms with E-state index >= 15 is 0 Å². The van der Waals surface area contributed by atoms with Gasteiger partial charge in [0.25, 0.3) is 0 Å². The fourth-order valence-corrected chi connectivity index (χ4v) is 4.17. The molecule has 1 aliphatic heterocycles. The summed E-state index contributed by atoms with van der Waals surface area (Å²) in [6.45, 7) is 5.12. The quantitative estimate of drug-likeness (QED) is 0.591. The molecule has 2 aliphatic rings. The second-order valence-corrected chi connectivity index (χ2v) is 7.75. The summed E-state index contributed by atoms with van der Waals surface area (Å²) >= 11 is 0. The molecule has 6 heteroatoms. The maximum Gasteiger partial charge on any atom is 0.411 e. The van der Waals surface area contributed by atoms with Crippen LogP contribution in [0.15, 0.2) is 24.3 Å². The Morgan fingerprint density at radius 1 is 1.14 bits per heavy atom. The largest absolute Gasteiger partial charge is 0.494 e. The lowest BCUT2D eigenvalue weighted by molar-refractivity contribution is 0.00174. The Labute approximate surface area is 175 Å². The van der Waals surface area contributed by atoms with Gasteiger partial charge in [0.15, 0.2) is 0 Å². The molecule has 1 aliphatic carbocycles. The molecular weight excluding hydrogens is 376 g/mol. The van der Waals surface area contributed by atoms with Gasteiger partial charge in [0.1, 0.15) is 11.9 Å². The number of halogens is 1. The molecule has 0 radical (unpaired) electrons. The average molecular weight is 411 g/mol. The van der Waals surface area contributed by atoms with Crippen LogP contribution in [0.25, 0.3) is 0 Å². The molecule has 1 saturated heterocycles. The van der Waals surface area contributed by atoms with E-state index in [1.807, 2.05) is 24.3 Å². The number of nitrogens with zero attached hydrogens (tertiary/aromatic N) is 1. The van der Waals surface area contributed by atoms with Crippen LogP contribution in [0, 0.1) is 0 Å². The average Bonchev–Trinajstić information content (AvgIpc) is 2.69. The molecule has 1 N–H and O–H groups in total. The van der Waals surface area contributed by atoms with Crippen molar-refractivity contribution in [3.05, 3.63) is 24.3 Å². The summed E-state index contributed by atoms with van der Waals surface area (Å²) < 4.78 is 11.6. The van der Waals surface area contributed by atoms with Gasteiger partial charge >= 0.3 is 6.09 Å². The first-order chi connectivity index (χ1) is 13.3. The minimum absolute atomic E-state index is 0. The number of carbonyl (C=O) groups excluding carboxylic acids is 1. The van der Waals surface area contributed by atoms with Crippen molar-refractivity contribution in [2.24, 2.45) is 0 Å². The van der Waals surface area contributed by atoms with E-state index in [1.165, 1.54) is 25.7 Å². The molecule has 2 atom stereocenters. The number of hydrogen-bond donors (Lipinski definition) is 1. The van der Waals surface area contributed by atoms with Gasteiger partial charge in [-0.2, -0.15) is 0 Å². The molecule has 0 bridgehead atoms. The zero-order valence-electron chi connectivity index (χ0n) is 17.0. The lowest BCUT2D eigenvalue weighted by Gasteiger charge is -2.41. The van der Waals surface area contributed by atoms with Crippen molar-refractivity contribution in [1.82, 2.24) is 4.90 Å². The fourth-order valence-electron chi connectivity index (χ4n) is 4.17. The number of benzene rings is 1. The Bertz CT molecular complexity index is 593. The van der Waals surface area contributed by atoms with Gasteiger partial charge in [-0.3, -0.25) is 10.2 Å². The van der Waals surface area contributed by atoms with E-state index in [9.17, 15) is 4.79 Å². The molecule has 1 aromatic carbocycles. The van der Waals surface area contributed by atoms with Crippen LogP contribution in [-0.2, 0) is 4.74 Å². The fraction of sp³-hybridized carbons (Fsp3) is 0.682. The van der Waals surface area contributed by atoms with Crippen molar-refractivity contribution in [2.75, 3.05) is 25.0 Å². The van der Waals surface area contributed by atoms with Crippen LogP contribution in [0.4, 0.5) is 10.5 Å². The molecule has 1 heterocycles. The van der Waals surface area contributed by atoms with Gasteiger partial charge in [-0.05, 0) is 63.7 Å². The summed E-state index contributed by atoms with van der Waals surface area (Å²) in [5.74, 6) is 0.783. The first-order valence-corrected chi connectivity index (χ1v) is 10.7. The van der Waals surface area contributed by atoms with E-state index in [0.717, 1.165) is 56.6 Å². The van der Waals surface area contributed by atoms with Gasteiger partial charge in [0, 0.05) is 17.8 Å². The number of likely N-dealkylation sites (tertiary alicyclic amines) is 1. The van der Waals surface area contributed by atoms with Gasteiger partial charge in [0.2, 0.25) is 0 Å². The van der Waals surface area contributed by atoms with Crippen molar-refractivity contribution in [3.8, 4) is 5.75 Å². The summed E-state index contributed by atoms with van der Waals surface area (Å²) in [5.41, 5.74) is 0.722. The summed E-state index contributed by atoms with van der Waals surface area (Å²) in [7, 11) is 0. The van der Waals surface area contributed by atoms with Gasteiger partial charge in [0.05, 0.1) is 6.61 Å². The van der Waals surface area contributed by atoms with Crippen molar-refractivity contribution >= 4 is 24.2 Å². The highest BCUT2D eigenvalue weighted by molar-refractivity contribution is 5.85. The Morgan fingerprint density at radius 3 is 2.71 bits per heavy atom. The standard InChI is InChI=1S/C22H34N2O3.ClH/c1-2-3-16-26-19-11-9-10-18(17-19)23-22(25)27-21-13-6-5-12-20(21)24-14-7-4-8-15-24;/h9-11,17,20-21H,2-8,12-16H2,1H3,(H,23,25);1H/t20-,21-;/m0./s1. The number of rotatable bonds is 7. The summed E-state index contributed by atoms with van der Waals surface area (Å²) in [5, 5.41) is 2.88. The Balaban J connectivity index is 0.00000280. The SMILES string of the molecule is CCCCOc1cccc(NC(=O)O[C@H]2CCCC[C@@H]2N2CCCCC2)c1.Cl. The van der Waals surface area contributed by atoms with E-state index in [-0.39, 0.29) is 24.6 Å². The third kappa shape index (κ3) is 6.85. The number of piperidine rings is 1. The van der Waals surface area contributed by atoms with Crippen LogP contribution in [0.5, 0.6) is 5.75 Å². The zero-order valence-corrected chi connectivity index (χ0v) is 17.8. The molecular formula is C22H35ClN2O3. The van der Waals surface area contributed by atoms with Crippen LogP contribution < -0.4 is 10.1 Å². The maximum absolute atomic E-state index is 12.5. The summed E-state index contributed by atoms with van der Waals surface area (Å²) in [6, 6.07) is 7.93. The van der Waals surface area contributed by atoms with Gasteiger partial charge in [-0.1, -0.05) is 32.3 Å². The van der Waals surface area contributed by atoms with Gasteiger partial charge in [-0.25, -0.2) is 4.79 Å². The first kappa shape index (κ1) is 22.8. The molecule has 3 rings (SSSR count). The zero-order chi connectivity index (χ0) is 18.9. The van der Waals surface area contributed by atoms with E-state index in [4.69, 9.17) is 9.47 Å². The molecule has 5 nitrogen and oxygen atoms in total. The van der Waals surface area contributed by atoms with Gasteiger partial charge in [-0.15, -0.1) is 12.4 Å². The molecule has 2 fully saturated rings. The first-order valence-electron chi connectivity index (χ1n) is 10.7. The van der Waals surface area contributed by atoms with Crippen molar-refractivity contribution in [3.63, 3.8) is 0 Å². The Morgan fingerprint density at radius 2 is 1.93 bits per heavy atom. The number of hydrogen-bond acceptors (Lipinski definition) is 4. The summed E-state index contributed by atoms with van der Waals surface area (Å²) in [4.78, 5) is 15.0. The smallest absolute Gasteiger partial charge is 0.411 e. The molecule has 0 aromatic heterocycles. The third-order valence-corrected chi connectivity index (χ3v) is 5.63. The van der Waals surface area contributed by atoms with E-state index in [2.05, 4.69) is 17.1 Å². The number of anilines is 1. The molecule has 1 amide bonds. The second kappa shape index (κ2) is 12.2. The lowest BCUT2D eigenvalue weighted by atomic mass is 9.90. The van der Waals surface area contributed by atoms with Crippen LogP contribution in [0.3, 0.4) is 0 Å². The summed E-state index contributed by atoms with van der Waals surface area (Å²) in [6.07, 6.45) is 10.1. The Hall–Kier alpha value is -1.46. The highest BCUT2D eigenvalue weighted by Crippen LogP contribution is 2.28. The molecule has 158 valence electrons. The van der Waals surface area contributed by atoms with Crippen LogP contribution >= 0.6 is 12.4 Å².